The molecule has 2 aliphatic rings. The molecule has 0 bridgehead atoms. The molecule has 1 saturated carbocycles. The predicted octanol–water partition coefficient (Wildman–Crippen LogP) is 4.46. The van der Waals surface area contributed by atoms with Crippen molar-refractivity contribution in [3.63, 3.8) is 0 Å². The summed E-state index contributed by atoms with van der Waals surface area (Å²) in [5, 5.41) is 8.23. The number of rotatable bonds is 5. The molecule has 35 heavy (non-hydrogen) atoms. The molecule has 0 unspecified atom stereocenters. The van der Waals surface area contributed by atoms with E-state index in [1.807, 2.05) is 17.0 Å². The van der Waals surface area contributed by atoms with Crippen molar-refractivity contribution >= 4 is 16.7 Å². The Morgan fingerprint density at radius 1 is 0.971 bits per heavy atom. The van der Waals surface area contributed by atoms with Gasteiger partial charge in [0.05, 0.1) is 5.69 Å². The summed E-state index contributed by atoms with van der Waals surface area (Å²) in [6, 6.07) is 14.8. The Balaban J connectivity index is 1.26. The van der Waals surface area contributed by atoms with Crippen LogP contribution in [0.4, 0.5) is 8.78 Å². The molecule has 1 amide bonds. The van der Waals surface area contributed by atoms with Crippen molar-refractivity contribution in [2.24, 2.45) is 11.8 Å². The van der Waals surface area contributed by atoms with E-state index in [-0.39, 0.29) is 29.2 Å². The van der Waals surface area contributed by atoms with Gasteiger partial charge in [0.15, 0.2) is 0 Å². The zero-order chi connectivity index (χ0) is 24.1. The van der Waals surface area contributed by atoms with Crippen molar-refractivity contribution in [2.45, 2.75) is 25.7 Å². The van der Waals surface area contributed by atoms with Gasteiger partial charge in [0, 0.05) is 25.4 Å². The Morgan fingerprint density at radius 2 is 1.71 bits per heavy atom. The maximum atomic E-state index is 15.3. The fraction of sp³-hybridized carbons (Fsp3) is 0.296. The molecule has 3 aromatic carbocycles. The lowest BCUT2D eigenvalue weighted by Gasteiger charge is -2.16. The van der Waals surface area contributed by atoms with Crippen LogP contribution in [0.25, 0.3) is 27.6 Å². The molecule has 0 radical (unpaired) electrons. The molecule has 0 spiro atoms. The second-order valence-electron chi connectivity index (χ2n) is 9.57. The van der Waals surface area contributed by atoms with Crippen molar-refractivity contribution in [1.29, 1.82) is 0 Å². The maximum Gasteiger partial charge on any atom is 0.348 e. The number of likely N-dealkylation sites (tertiary alicyclic amines) is 1. The third kappa shape index (κ3) is 4.13. The molecule has 1 aliphatic carbocycles. The van der Waals surface area contributed by atoms with Gasteiger partial charge < -0.3 is 4.90 Å². The van der Waals surface area contributed by atoms with E-state index in [0.29, 0.717) is 24.4 Å². The number of nitrogens with zero attached hydrogens (tertiary/aromatic N) is 3. The third-order valence-electron chi connectivity index (χ3n) is 7.06. The summed E-state index contributed by atoms with van der Waals surface area (Å²) < 4.78 is 30.1. The minimum atomic E-state index is -0.539. The summed E-state index contributed by atoms with van der Waals surface area (Å²) in [6.45, 7) is 1.36. The van der Waals surface area contributed by atoms with E-state index in [4.69, 9.17) is 0 Å². The first kappa shape index (κ1) is 21.7. The number of H-pyrrole nitrogens is 1. The van der Waals surface area contributed by atoms with E-state index in [0.717, 1.165) is 42.1 Å². The lowest BCUT2D eigenvalue weighted by atomic mass is 10.0. The number of aromatic amines is 1. The van der Waals surface area contributed by atoms with Crippen LogP contribution in [0.1, 0.15) is 25.1 Å². The van der Waals surface area contributed by atoms with E-state index in [1.165, 1.54) is 22.8 Å². The van der Waals surface area contributed by atoms with Crippen molar-refractivity contribution in [3.8, 4) is 16.8 Å². The highest BCUT2D eigenvalue weighted by molar-refractivity contribution is 5.87. The Labute approximate surface area is 200 Å². The maximum absolute atomic E-state index is 15.3. The second kappa shape index (κ2) is 8.45. The SMILES string of the molecule is O=C(C1CC1)N1CC[C@@H](Cc2n[nH]c(=O)n2-c2ccc(-c3ccc4cc(F)ccc4c3)cc2F)C1. The molecule has 6 rings (SSSR count). The van der Waals surface area contributed by atoms with Gasteiger partial charge in [-0.2, -0.15) is 5.10 Å². The standard InChI is InChI=1S/C27H24F2N4O2/c28-22-7-5-19-12-18(3-4-20(19)13-22)21-6-8-24(23(29)14-21)33-25(30-31-27(33)35)11-16-9-10-32(15-16)26(34)17-1-2-17/h3-8,12-14,16-17H,1-2,9-11,15H2,(H,31,35)/t16-/m0/s1. The van der Waals surface area contributed by atoms with Crippen molar-refractivity contribution < 1.29 is 13.6 Å². The molecule has 2 fully saturated rings. The van der Waals surface area contributed by atoms with Gasteiger partial charge in [-0.3, -0.25) is 4.79 Å². The number of carbonyl (C=O) groups is 1. The van der Waals surface area contributed by atoms with Crippen LogP contribution >= 0.6 is 0 Å². The summed E-state index contributed by atoms with van der Waals surface area (Å²) in [4.78, 5) is 26.8. The number of benzene rings is 3. The van der Waals surface area contributed by atoms with E-state index >= 15 is 4.39 Å². The number of amides is 1. The highest BCUT2D eigenvalue weighted by Crippen LogP contribution is 2.33. The Kier molecular flexibility index (Phi) is 5.24. The number of hydrogen-bond acceptors (Lipinski definition) is 3. The fourth-order valence-electron chi connectivity index (χ4n) is 5.03. The van der Waals surface area contributed by atoms with Crippen LogP contribution in [0.15, 0.2) is 59.4 Å². The summed E-state index contributed by atoms with van der Waals surface area (Å²) in [7, 11) is 0. The van der Waals surface area contributed by atoms with Crippen LogP contribution in [0.5, 0.6) is 0 Å². The zero-order valence-corrected chi connectivity index (χ0v) is 19.0. The Bertz CT molecular complexity index is 1500. The molecule has 1 aliphatic heterocycles. The number of halogens is 2. The smallest absolute Gasteiger partial charge is 0.342 e. The van der Waals surface area contributed by atoms with Crippen LogP contribution < -0.4 is 5.69 Å². The topological polar surface area (TPSA) is 71.0 Å². The van der Waals surface area contributed by atoms with Gasteiger partial charge in [0.25, 0.3) is 0 Å². The largest absolute Gasteiger partial charge is 0.348 e. The number of hydrogen-bond donors (Lipinski definition) is 1. The van der Waals surface area contributed by atoms with Crippen LogP contribution in [0, 0.1) is 23.5 Å². The average Bonchev–Trinajstić information content (AvgIpc) is 3.50. The molecule has 2 heterocycles. The molecule has 8 heteroatoms. The first-order chi connectivity index (χ1) is 17.0. The van der Waals surface area contributed by atoms with Gasteiger partial charge in [0.2, 0.25) is 5.91 Å². The highest BCUT2D eigenvalue weighted by atomic mass is 19.1. The molecule has 4 aromatic rings. The van der Waals surface area contributed by atoms with Crippen LogP contribution in [0.3, 0.4) is 0 Å². The summed E-state index contributed by atoms with van der Waals surface area (Å²) >= 11 is 0. The summed E-state index contributed by atoms with van der Waals surface area (Å²) in [5.74, 6) is 0.211. The van der Waals surface area contributed by atoms with Gasteiger partial charge in [-0.1, -0.05) is 24.3 Å². The molecule has 1 aromatic heterocycles. The van der Waals surface area contributed by atoms with Gasteiger partial charge in [0.1, 0.15) is 17.5 Å². The predicted molar refractivity (Wildman–Crippen MR) is 128 cm³/mol. The third-order valence-corrected chi connectivity index (χ3v) is 7.06. The molecular formula is C27H24F2N4O2. The second-order valence-corrected chi connectivity index (χ2v) is 9.57. The molecule has 178 valence electrons. The van der Waals surface area contributed by atoms with Crippen LogP contribution in [-0.4, -0.2) is 38.7 Å². The first-order valence-corrected chi connectivity index (χ1v) is 11.9. The first-order valence-electron chi connectivity index (χ1n) is 11.9. The van der Waals surface area contributed by atoms with E-state index in [1.54, 1.807) is 24.3 Å². The van der Waals surface area contributed by atoms with Gasteiger partial charge >= 0.3 is 5.69 Å². The molecule has 1 atom stereocenters. The summed E-state index contributed by atoms with van der Waals surface area (Å²) in [6.07, 6.45) is 3.28. The number of nitrogens with one attached hydrogen (secondary N) is 1. The number of fused-ring (bicyclic) bond motifs is 1. The Morgan fingerprint density at radius 3 is 2.51 bits per heavy atom. The van der Waals surface area contributed by atoms with E-state index in [2.05, 4.69) is 10.2 Å². The highest BCUT2D eigenvalue weighted by Gasteiger charge is 2.37. The molecule has 6 nitrogen and oxygen atoms in total. The monoisotopic (exact) mass is 474 g/mol. The minimum absolute atomic E-state index is 0.134. The Hall–Kier alpha value is -3.81. The lowest BCUT2D eigenvalue weighted by molar-refractivity contribution is -0.131. The van der Waals surface area contributed by atoms with Gasteiger partial charge in [-0.15, -0.1) is 0 Å². The van der Waals surface area contributed by atoms with Crippen molar-refractivity contribution in [1.82, 2.24) is 19.7 Å². The van der Waals surface area contributed by atoms with E-state index < -0.39 is 11.5 Å². The molecule has 1 saturated heterocycles. The minimum Gasteiger partial charge on any atom is -0.342 e. The van der Waals surface area contributed by atoms with Gasteiger partial charge in [-0.05, 0) is 77.4 Å². The quantitative estimate of drug-likeness (QED) is 0.464. The lowest BCUT2D eigenvalue weighted by Crippen LogP contribution is -2.30. The normalized spacial score (nSPS) is 17.9. The molecular weight excluding hydrogens is 450 g/mol. The fourth-order valence-corrected chi connectivity index (χ4v) is 5.03. The van der Waals surface area contributed by atoms with Gasteiger partial charge in [-0.25, -0.2) is 23.2 Å². The molecule has 1 N–H and O–H groups in total. The van der Waals surface area contributed by atoms with Crippen LogP contribution in [0.2, 0.25) is 0 Å². The zero-order valence-electron chi connectivity index (χ0n) is 19.0. The summed E-state index contributed by atoms with van der Waals surface area (Å²) in [5.41, 5.74) is 1.08. The van der Waals surface area contributed by atoms with Crippen molar-refractivity contribution in [3.05, 3.63) is 82.5 Å². The number of aromatic nitrogens is 3. The van der Waals surface area contributed by atoms with Crippen molar-refractivity contribution in [2.75, 3.05) is 13.1 Å². The number of carbonyl (C=O) groups excluding carboxylic acids is 1. The van der Waals surface area contributed by atoms with Crippen LogP contribution in [-0.2, 0) is 11.2 Å². The van der Waals surface area contributed by atoms with E-state index in [9.17, 15) is 14.0 Å². The average molecular weight is 475 g/mol.